The predicted molar refractivity (Wildman–Crippen MR) is 187 cm³/mol. The molecule has 0 aromatic heterocycles. The van der Waals surface area contributed by atoms with Crippen molar-refractivity contribution >= 4 is 20.4 Å². The van der Waals surface area contributed by atoms with Gasteiger partial charge in [-0.25, -0.2) is 9.59 Å². The van der Waals surface area contributed by atoms with E-state index in [2.05, 4.69) is 39.2 Å². The summed E-state index contributed by atoms with van der Waals surface area (Å²) in [5.74, 6) is -0.705. The zero-order valence-electron chi connectivity index (χ0n) is 29.6. The van der Waals surface area contributed by atoms with Gasteiger partial charge >= 0.3 is 12.1 Å². The van der Waals surface area contributed by atoms with Crippen LogP contribution in [0.4, 0.5) is 4.79 Å². The number of alkyl carbamates (subject to hydrolysis) is 1. The maximum Gasteiger partial charge on any atom is 0.408 e. The zero-order valence-corrected chi connectivity index (χ0v) is 30.6. The number of carbonyl (C=O) groups excluding carboxylic acids is 2. The van der Waals surface area contributed by atoms with Gasteiger partial charge in [-0.15, -0.1) is 0 Å². The van der Waals surface area contributed by atoms with Crippen LogP contribution in [0.25, 0.3) is 0 Å². The number of benzene rings is 3. The quantitative estimate of drug-likeness (QED) is 0.161. The topological polar surface area (TPSA) is 120 Å². The minimum Gasteiger partial charge on any atom is -0.467 e. The van der Waals surface area contributed by atoms with Crippen molar-refractivity contribution in [2.75, 3.05) is 20.3 Å². The highest BCUT2D eigenvalue weighted by Crippen LogP contribution is 2.42. The molecular weight excluding hydrogens is 659 g/mol. The molecule has 1 amide bonds. The molecule has 270 valence electrons. The van der Waals surface area contributed by atoms with E-state index in [0.29, 0.717) is 6.61 Å². The molecule has 3 aromatic carbocycles. The van der Waals surface area contributed by atoms with Gasteiger partial charge in [-0.05, 0) is 29.3 Å². The Morgan fingerprint density at radius 1 is 0.840 bits per heavy atom. The molecular formula is C38H49NO10Si. The lowest BCUT2D eigenvalue weighted by Crippen LogP contribution is -2.66. The number of hydrogen-bond donors (Lipinski definition) is 1. The first-order valence-electron chi connectivity index (χ1n) is 16.9. The van der Waals surface area contributed by atoms with Gasteiger partial charge in [0.05, 0.1) is 26.9 Å². The Bertz CT molecular complexity index is 1500. The molecule has 0 bridgehead atoms. The summed E-state index contributed by atoms with van der Waals surface area (Å²) in [6.45, 7) is 11.0. The van der Waals surface area contributed by atoms with Gasteiger partial charge in [-0.1, -0.05) is 112 Å². The van der Waals surface area contributed by atoms with E-state index in [9.17, 15) is 9.59 Å². The highest BCUT2D eigenvalue weighted by atomic mass is 28.4. The molecule has 0 spiro atoms. The van der Waals surface area contributed by atoms with Crippen molar-refractivity contribution in [1.82, 2.24) is 5.32 Å². The van der Waals surface area contributed by atoms with Gasteiger partial charge in [0.2, 0.25) is 0 Å². The largest absolute Gasteiger partial charge is 0.467 e. The van der Waals surface area contributed by atoms with Crippen molar-refractivity contribution in [2.24, 2.45) is 0 Å². The van der Waals surface area contributed by atoms with Crippen molar-refractivity contribution in [1.29, 1.82) is 0 Å². The van der Waals surface area contributed by atoms with Crippen molar-refractivity contribution in [3.8, 4) is 0 Å². The van der Waals surface area contributed by atoms with Crippen LogP contribution in [-0.2, 0) is 55.6 Å². The van der Waals surface area contributed by atoms with E-state index in [1.165, 1.54) is 7.11 Å². The van der Waals surface area contributed by atoms with Crippen LogP contribution < -0.4 is 5.32 Å². The summed E-state index contributed by atoms with van der Waals surface area (Å²) in [5, 5.41) is 2.41. The first kappa shape index (κ1) is 37.6. The molecule has 2 aliphatic rings. The lowest BCUT2D eigenvalue weighted by atomic mass is 9.97. The Morgan fingerprint density at radius 3 is 2.04 bits per heavy atom. The third-order valence-corrected chi connectivity index (χ3v) is 13.8. The number of rotatable bonds is 13. The van der Waals surface area contributed by atoms with Gasteiger partial charge in [0.25, 0.3) is 0 Å². The smallest absolute Gasteiger partial charge is 0.408 e. The van der Waals surface area contributed by atoms with Crippen molar-refractivity contribution in [3.63, 3.8) is 0 Å². The van der Waals surface area contributed by atoms with Crippen LogP contribution in [0, 0.1) is 0 Å². The highest BCUT2D eigenvalue weighted by Gasteiger charge is 2.54. The third-order valence-electron chi connectivity index (χ3n) is 9.30. The Morgan fingerprint density at radius 2 is 1.44 bits per heavy atom. The Kier molecular flexibility index (Phi) is 12.8. The standard InChI is InChI=1S/C38H49NO10Si/c1-38(2,3)50(5,6)49-33-32(43-22-26-16-10-7-11-17-26)31-30(25-45-35(48-31)28-20-14-9-15-21-28)47-36(33)44-24-29(34(40)42-4)39-37(41)46-23-27-18-12-8-13-19-27/h7-21,29-33,35-36H,22-25H2,1-6H3,(H,39,41)/t29-,30+,31+,32-,33-,35+,36-/m0/s1. The molecule has 2 heterocycles. The molecule has 11 nitrogen and oxygen atoms in total. The van der Waals surface area contributed by atoms with Gasteiger partial charge in [-0.3, -0.25) is 0 Å². The zero-order chi connectivity index (χ0) is 35.7. The molecule has 0 saturated carbocycles. The second-order valence-corrected chi connectivity index (χ2v) is 18.7. The number of carbonyl (C=O) groups is 2. The molecule has 5 rings (SSSR count). The molecule has 12 heteroatoms. The van der Waals surface area contributed by atoms with Crippen LogP contribution in [0.5, 0.6) is 0 Å². The fourth-order valence-electron chi connectivity index (χ4n) is 5.47. The second-order valence-electron chi connectivity index (χ2n) is 13.9. The van der Waals surface area contributed by atoms with Crippen LogP contribution in [0.1, 0.15) is 43.8 Å². The van der Waals surface area contributed by atoms with Crippen LogP contribution in [0.15, 0.2) is 91.0 Å². The summed E-state index contributed by atoms with van der Waals surface area (Å²) < 4.78 is 49.8. The van der Waals surface area contributed by atoms with E-state index in [0.717, 1.165) is 16.7 Å². The van der Waals surface area contributed by atoms with E-state index in [1.54, 1.807) is 0 Å². The number of hydrogen-bond acceptors (Lipinski definition) is 10. The number of fused-ring (bicyclic) bond motifs is 1. The highest BCUT2D eigenvalue weighted by molar-refractivity contribution is 6.74. The molecule has 2 fully saturated rings. The average molecular weight is 708 g/mol. The summed E-state index contributed by atoms with van der Waals surface area (Å²) >= 11 is 0. The van der Waals surface area contributed by atoms with E-state index >= 15 is 0 Å². The van der Waals surface area contributed by atoms with Crippen molar-refractivity contribution in [2.45, 2.75) is 95.2 Å². The number of amides is 1. The fraction of sp³-hybridized carbons (Fsp3) is 0.474. The Balaban J connectivity index is 1.39. The Hall–Kier alpha value is -3.62. The van der Waals surface area contributed by atoms with Crippen LogP contribution in [-0.4, -0.2) is 77.5 Å². The van der Waals surface area contributed by atoms with E-state index < -0.39 is 63.4 Å². The molecule has 2 aliphatic heterocycles. The van der Waals surface area contributed by atoms with E-state index in [1.807, 2.05) is 91.0 Å². The van der Waals surface area contributed by atoms with Gasteiger partial charge in [0, 0.05) is 5.56 Å². The number of nitrogens with one attached hydrogen (secondary N) is 1. The molecule has 0 aliphatic carbocycles. The fourth-order valence-corrected chi connectivity index (χ4v) is 6.75. The van der Waals surface area contributed by atoms with Gasteiger partial charge in [0.1, 0.15) is 31.0 Å². The SMILES string of the molecule is COC(=O)[C@H](CO[C@H]1O[C@@H]2CO[C@@H](c3ccccc3)O[C@H]2[C@H](OCc2ccccc2)[C@@H]1O[Si](C)(C)C(C)(C)C)NC(=O)OCc1ccccc1. The van der Waals surface area contributed by atoms with Crippen molar-refractivity contribution < 1.29 is 47.2 Å². The normalized spacial score (nSPS) is 24.4. The summed E-state index contributed by atoms with van der Waals surface area (Å²) in [4.78, 5) is 25.6. The first-order valence-corrected chi connectivity index (χ1v) is 19.8. The van der Waals surface area contributed by atoms with E-state index in [4.69, 9.17) is 37.6 Å². The minimum absolute atomic E-state index is 0.0308. The maximum absolute atomic E-state index is 12.9. The van der Waals surface area contributed by atoms with Gasteiger partial charge in [0.15, 0.2) is 26.9 Å². The Labute approximate surface area is 295 Å². The summed E-state index contributed by atoms with van der Waals surface area (Å²) in [6.07, 6.45) is -5.01. The second kappa shape index (κ2) is 17.1. The maximum atomic E-state index is 12.9. The van der Waals surface area contributed by atoms with Crippen molar-refractivity contribution in [3.05, 3.63) is 108 Å². The van der Waals surface area contributed by atoms with Crippen LogP contribution in [0.2, 0.25) is 18.1 Å². The molecule has 50 heavy (non-hydrogen) atoms. The monoisotopic (exact) mass is 707 g/mol. The molecule has 1 N–H and O–H groups in total. The lowest BCUT2D eigenvalue weighted by molar-refractivity contribution is -0.365. The molecule has 3 aromatic rings. The molecule has 7 atom stereocenters. The predicted octanol–water partition coefficient (Wildman–Crippen LogP) is 6.29. The number of ether oxygens (including phenoxy) is 7. The van der Waals surface area contributed by atoms with Crippen LogP contribution >= 0.6 is 0 Å². The molecule has 0 unspecified atom stereocenters. The lowest BCUT2D eigenvalue weighted by Gasteiger charge is -2.51. The minimum atomic E-state index is -2.48. The first-order chi connectivity index (χ1) is 23.9. The number of methoxy groups -OCH3 is 1. The molecule has 0 radical (unpaired) electrons. The summed E-state index contributed by atoms with van der Waals surface area (Å²) in [6, 6.07) is 27.6. The number of esters is 1. The third kappa shape index (κ3) is 9.78. The summed E-state index contributed by atoms with van der Waals surface area (Å²) in [5.41, 5.74) is 2.66. The van der Waals surface area contributed by atoms with E-state index in [-0.39, 0.29) is 24.9 Å². The summed E-state index contributed by atoms with van der Waals surface area (Å²) in [7, 11) is -1.24. The molecule has 2 saturated heterocycles. The van der Waals surface area contributed by atoms with Gasteiger partial charge < -0.3 is 42.9 Å². The van der Waals surface area contributed by atoms with Crippen LogP contribution in [0.3, 0.4) is 0 Å². The van der Waals surface area contributed by atoms with Gasteiger partial charge in [-0.2, -0.15) is 0 Å². The average Bonchev–Trinajstić information content (AvgIpc) is 3.12.